The Morgan fingerprint density at radius 3 is 2.86 bits per heavy atom. The second kappa shape index (κ2) is 8.28. The van der Waals surface area contributed by atoms with Crippen molar-refractivity contribution in [3.63, 3.8) is 0 Å². The zero-order chi connectivity index (χ0) is 15.1. The lowest BCUT2D eigenvalue weighted by Gasteiger charge is -2.22. The van der Waals surface area contributed by atoms with Gasteiger partial charge in [-0.1, -0.05) is 37.1 Å². The predicted octanol–water partition coefficient (Wildman–Crippen LogP) is 4.77. The average molecular weight is 293 g/mol. The maximum absolute atomic E-state index is 13.9. The molecule has 2 rings (SSSR count). The molecule has 0 aromatic heterocycles. The summed E-state index contributed by atoms with van der Waals surface area (Å²) in [6.07, 6.45) is 9.72. The number of hydrogen-bond donors (Lipinski definition) is 1. The molecule has 1 aliphatic rings. The summed E-state index contributed by atoms with van der Waals surface area (Å²) < 4.78 is 27.3. The molecule has 116 valence electrons. The van der Waals surface area contributed by atoms with Gasteiger partial charge < -0.3 is 5.32 Å². The van der Waals surface area contributed by atoms with Crippen LogP contribution in [0.25, 0.3) is 0 Å². The maximum atomic E-state index is 13.9. The minimum Gasteiger partial charge on any atom is -0.310 e. The van der Waals surface area contributed by atoms with Crippen LogP contribution < -0.4 is 5.32 Å². The van der Waals surface area contributed by atoms with Crippen LogP contribution in [0.15, 0.2) is 29.8 Å². The van der Waals surface area contributed by atoms with E-state index in [0.29, 0.717) is 12.0 Å². The molecule has 1 aromatic carbocycles. The second-order valence-corrected chi connectivity index (χ2v) is 5.80. The standard InChI is InChI=1S/C18H25F2N/c1-2-12-21-17(14-8-5-3-4-6-9-14)13-15-10-7-11-16(19)18(15)20/h7-8,10-11,17,21H,2-6,9,12-13H2,1H3. The normalized spacial score (nSPS) is 17.2. The van der Waals surface area contributed by atoms with Crippen LogP contribution in [0.1, 0.15) is 51.0 Å². The van der Waals surface area contributed by atoms with E-state index in [4.69, 9.17) is 0 Å². The van der Waals surface area contributed by atoms with Gasteiger partial charge in [-0.15, -0.1) is 0 Å². The molecule has 0 spiro atoms. The third kappa shape index (κ3) is 4.63. The molecule has 0 saturated heterocycles. The van der Waals surface area contributed by atoms with Gasteiger partial charge in [-0.05, 0) is 56.7 Å². The number of halogens is 2. The smallest absolute Gasteiger partial charge is 0.162 e. The first-order valence-corrected chi connectivity index (χ1v) is 8.07. The van der Waals surface area contributed by atoms with Gasteiger partial charge in [-0.3, -0.25) is 0 Å². The molecule has 1 aliphatic carbocycles. The molecule has 1 nitrogen and oxygen atoms in total. The van der Waals surface area contributed by atoms with E-state index < -0.39 is 11.6 Å². The van der Waals surface area contributed by atoms with Crippen molar-refractivity contribution in [2.45, 2.75) is 57.9 Å². The lowest BCUT2D eigenvalue weighted by Crippen LogP contribution is -2.34. The van der Waals surface area contributed by atoms with Crippen LogP contribution in [-0.4, -0.2) is 12.6 Å². The molecule has 1 aromatic rings. The molecule has 1 unspecified atom stereocenters. The lowest BCUT2D eigenvalue weighted by atomic mass is 9.95. The summed E-state index contributed by atoms with van der Waals surface area (Å²) in [6.45, 7) is 3.02. The number of allylic oxidation sites excluding steroid dienone is 1. The van der Waals surface area contributed by atoms with Crippen LogP contribution in [-0.2, 0) is 6.42 Å². The van der Waals surface area contributed by atoms with Crippen molar-refractivity contribution in [2.24, 2.45) is 0 Å². The summed E-state index contributed by atoms with van der Waals surface area (Å²) >= 11 is 0. The van der Waals surface area contributed by atoms with Gasteiger partial charge in [0.15, 0.2) is 11.6 Å². The maximum Gasteiger partial charge on any atom is 0.162 e. The fourth-order valence-corrected chi connectivity index (χ4v) is 2.94. The van der Waals surface area contributed by atoms with Gasteiger partial charge >= 0.3 is 0 Å². The van der Waals surface area contributed by atoms with E-state index >= 15 is 0 Å². The van der Waals surface area contributed by atoms with Crippen LogP contribution in [0.5, 0.6) is 0 Å². The third-order valence-electron chi connectivity index (χ3n) is 4.12. The Morgan fingerprint density at radius 1 is 1.19 bits per heavy atom. The Bertz CT molecular complexity index is 482. The van der Waals surface area contributed by atoms with Crippen LogP contribution in [0.3, 0.4) is 0 Å². The largest absolute Gasteiger partial charge is 0.310 e. The zero-order valence-corrected chi connectivity index (χ0v) is 12.8. The summed E-state index contributed by atoms with van der Waals surface area (Å²) in [4.78, 5) is 0. The minimum atomic E-state index is -0.753. The molecule has 21 heavy (non-hydrogen) atoms. The first-order valence-electron chi connectivity index (χ1n) is 8.07. The molecular formula is C18H25F2N. The molecule has 0 saturated carbocycles. The SMILES string of the molecule is CCCNC(Cc1cccc(F)c1F)C1=CCCCCC1. The number of nitrogens with one attached hydrogen (secondary N) is 1. The second-order valence-electron chi connectivity index (χ2n) is 5.80. The molecule has 1 atom stereocenters. The van der Waals surface area contributed by atoms with Gasteiger partial charge in [0.25, 0.3) is 0 Å². The Hall–Kier alpha value is -1.22. The molecule has 0 fully saturated rings. The summed E-state index contributed by atoms with van der Waals surface area (Å²) in [6, 6.07) is 4.58. The van der Waals surface area contributed by atoms with Crippen molar-refractivity contribution in [1.82, 2.24) is 5.32 Å². The van der Waals surface area contributed by atoms with Gasteiger partial charge in [0, 0.05) is 6.04 Å². The number of hydrogen-bond acceptors (Lipinski definition) is 1. The van der Waals surface area contributed by atoms with Gasteiger partial charge in [0.2, 0.25) is 0 Å². The Morgan fingerprint density at radius 2 is 2.05 bits per heavy atom. The zero-order valence-electron chi connectivity index (χ0n) is 12.8. The number of rotatable bonds is 6. The van der Waals surface area contributed by atoms with Gasteiger partial charge in [0.1, 0.15) is 0 Å². The molecule has 1 N–H and O–H groups in total. The van der Waals surface area contributed by atoms with E-state index in [9.17, 15) is 8.78 Å². The minimum absolute atomic E-state index is 0.124. The third-order valence-corrected chi connectivity index (χ3v) is 4.12. The average Bonchev–Trinajstić information content (AvgIpc) is 2.77. The van der Waals surface area contributed by atoms with Gasteiger partial charge in [-0.2, -0.15) is 0 Å². The van der Waals surface area contributed by atoms with E-state index in [1.807, 2.05) is 0 Å². The van der Waals surface area contributed by atoms with Crippen molar-refractivity contribution in [3.05, 3.63) is 47.0 Å². The molecule has 0 amide bonds. The monoisotopic (exact) mass is 293 g/mol. The van der Waals surface area contributed by atoms with Gasteiger partial charge in [0.05, 0.1) is 0 Å². The molecule has 0 radical (unpaired) electrons. The van der Waals surface area contributed by atoms with Crippen molar-refractivity contribution < 1.29 is 8.78 Å². The van der Waals surface area contributed by atoms with Crippen LogP contribution in [0, 0.1) is 11.6 Å². The first kappa shape index (κ1) is 16.2. The van der Waals surface area contributed by atoms with E-state index in [1.165, 1.54) is 30.9 Å². The first-order chi connectivity index (χ1) is 10.2. The fraction of sp³-hybridized carbons (Fsp3) is 0.556. The van der Waals surface area contributed by atoms with Crippen LogP contribution >= 0.6 is 0 Å². The van der Waals surface area contributed by atoms with Crippen molar-refractivity contribution >= 4 is 0 Å². The highest BCUT2D eigenvalue weighted by atomic mass is 19.2. The van der Waals surface area contributed by atoms with Crippen molar-refractivity contribution in [3.8, 4) is 0 Å². The Balaban J connectivity index is 2.15. The molecule has 3 heteroatoms. The summed E-state index contributed by atoms with van der Waals surface area (Å²) in [5.41, 5.74) is 1.83. The fourth-order valence-electron chi connectivity index (χ4n) is 2.94. The summed E-state index contributed by atoms with van der Waals surface area (Å²) in [7, 11) is 0. The van der Waals surface area contributed by atoms with E-state index in [-0.39, 0.29) is 6.04 Å². The van der Waals surface area contributed by atoms with Crippen molar-refractivity contribution in [1.29, 1.82) is 0 Å². The Kier molecular flexibility index (Phi) is 6.37. The van der Waals surface area contributed by atoms with E-state index in [2.05, 4.69) is 18.3 Å². The summed E-state index contributed by atoms with van der Waals surface area (Å²) in [5.74, 6) is -1.45. The lowest BCUT2D eigenvalue weighted by molar-refractivity contribution is 0.483. The topological polar surface area (TPSA) is 12.0 Å². The van der Waals surface area contributed by atoms with E-state index in [1.54, 1.807) is 12.1 Å². The van der Waals surface area contributed by atoms with Crippen LogP contribution in [0.2, 0.25) is 0 Å². The predicted molar refractivity (Wildman–Crippen MR) is 83.3 cm³/mol. The summed E-state index contributed by atoms with van der Waals surface area (Å²) in [5, 5.41) is 3.50. The van der Waals surface area contributed by atoms with E-state index in [0.717, 1.165) is 25.8 Å². The highest BCUT2D eigenvalue weighted by Crippen LogP contribution is 2.23. The number of benzene rings is 1. The quantitative estimate of drug-likeness (QED) is 0.745. The molecule has 0 heterocycles. The highest BCUT2D eigenvalue weighted by molar-refractivity contribution is 5.24. The van der Waals surface area contributed by atoms with Crippen molar-refractivity contribution in [2.75, 3.05) is 6.54 Å². The van der Waals surface area contributed by atoms with Gasteiger partial charge in [-0.25, -0.2) is 8.78 Å². The van der Waals surface area contributed by atoms with Crippen LogP contribution in [0.4, 0.5) is 8.78 Å². The Labute approximate surface area is 126 Å². The highest BCUT2D eigenvalue weighted by Gasteiger charge is 2.18. The molecule has 0 aliphatic heterocycles. The molecular weight excluding hydrogens is 268 g/mol. The molecule has 0 bridgehead atoms.